The summed E-state index contributed by atoms with van der Waals surface area (Å²) >= 11 is 1.64. The van der Waals surface area contributed by atoms with Gasteiger partial charge in [-0.25, -0.2) is 0 Å². The molecule has 27 heavy (non-hydrogen) atoms. The molecule has 0 bridgehead atoms. The molecule has 1 saturated heterocycles. The van der Waals surface area contributed by atoms with Gasteiger partial charge in [-0.1, -0.05) is 5.16 Å². The van der Waals surface area contributed by atoms with Gasteiger partial charge in [-0.2, -0.15) is 15.9 Å². The van der Waals surface area contributed by atoms with Crippen molar-refractivity contribution in [3.05, 3.63) is 46.5 Å². The van der Waals surface area contributed by atoms with E-state index in [2.05, 4.69) is 30.5 Å². The van der Waals surface area contributed by atoms with E-state index in [0.717, 1.165) is 67.0 Å². The highest BCUT2D eigenvalue weighted by Crippen LogP contribution is 2.22. The first-order valence-electron chi connectivity index (χ1n) is 8.91. The number of fused-ring (bicyclic) bond motifs is 1. The van der Waals surface area contributed by atoms with Gasteiger partial charge in [-0.05, 0) is 30.5 Å². The van der Waals surface area contributed by atoms with Crippen LogP contribution < -0.4 is 4.90 Å². The Morgan fingerprint density at radius 3 is 2.74 bits per heavy atom. The Balaban J connectivity index is 1.32. The highest BCUT2D eigenvalue weighted by molar-refractivity contribution is 7.08. The summed E-state index contributed by atoms with van der Waals surface area (Å²) in [6.45, 7) is 6.52. The second kappa shape index (κ2) is 6.75. The molecule has 1 fully saturated rings. The molecule has 0 spiro atoms. The van der Waals surface area contributed by atoms with Crippen LogP contribution in [0, 0.1) is 6.92 Å². The molecule has 0 aliphatic carbocycles. The van der Waals surface area contributed by atoms with Gasteiger partial charge in [0.1, 0.15) is 11.6 Å². The summed E-state index contributed by atoms with van der Waals surface area (Å²) in [5, 5.41) is 21.5. The molecule has 5 rings (SSSR count). The van der Waals surface area contributed by atoms with E-state index < -0.39 is 0 Å². The Morgan fingerprint density at radius 2 is 2.00 bits per heavy atom. The maximum Gasteiger partial charge on any atom is 0.186 e. The summed E-state index contributed by atoms with van der Waals surface area (Å²) in [6, 6.07) is 8.05. The first-order chi connectivity index (χ1) is 13.3. The molecule has 4 aromatic rings. The zero-order valence-electron chi connectivity index (χ0n) is 14.9. The van der Waals surface area contributed by atoms with Crippen LogP contribution in [0.25, 0.3) is 17.0 Å². The number of aryl methyl sites for hydroxylation is 1. The summed E-state index contributed by atoms with van der Waals surface area (Å²) in [5.41, 5.74) is 2.80. The lowest BCUT2D eigenvalue weighted by Gasteiger charge is -2.34. The third-order valence-corrected chi connectivity index (χ3v) is 5.47. The molecule has 5 heterocycles. The number of aromatic nitrogens is 5. The van der Waals surface area contributed by atoms with Crippen molar-refractivity contribution >= 4 is 22.8 Å². The number of rotatable bonds is 4. The maximum absolute atomic E-state index is 5.16. The number of anilines is 1. The lowest BCUT2D eigenvalue weighted by molar-refractivity contribution is 0.241. The summed E-state index contributed by atoms with van der Waals surface area (Å²) in [7, 11) is 0. The molecule has 4 aromatic heterocycles. The Hall–Kier alpha value is -2.78. The Labute approximate surface area is 160 Å². The highest BCUT2D eigenvalue weighted by atomic mass is 32.1. The molecule has 8 nitrogen and oxygen atoms in total. The van der Waals surface area contributed by atoms with Crippen molar-refractivity contribution in [3.63, 3.8) is 0 Å². The van der Waals surface area contributed by atoms with Gasteiger partial charge in [-0.15, -0.1) is 15.3 Å². The molecule has 0 atom stereocenters. The van der Waals surface area contributed by atoms with Gasteiger partial charge >= 0.3 is 0 Å². The van der Waals surface area contributed by atoms with Crippen molar-refractivity contribution in [2.75, 3.05) is 31.1 Å². The number of hydrogen-bond donors (Lipinski definition) is 0. The zero-order chi connectivity index (χ0) is 18.2. The molecule has 138 valence electrons. The van der Waals surface area contributed by atoms with Gasteiger partial charge in [0.15, 0.2) is 11.5 Å². The molecule has 9 heteroatoms. The first kappa shape index (κ1) is 16.4. The van der Waals surface area contributed by atoms with Crippen LogP contribution in [-0.2, 0) is 6.54 Å². The normalized spacial score (nSPS) is 15.7. The number of nitrogens with zero attached hydrogens (tertiary/aromatic N) is 7. The van der Waals surface area contributed by atoms with Gasteiger partial charge < -0.3 is 9.42 Å². The van der Waals surface area contributed by atoms with Gasteiger partial charge in [-0.3, -0.25) is 4.90 Å². The smallest absolute Gasteiger partial charge is 0.186 e. The number of piperazine rings is 1. The van der Waals surface area contributed by atoms with Crippen molar-refractivity contribution in [1.82, 2.24) is 29.9 Å². The lowest BCUT2D eigenvalue weighted by Crippen LogP contribution is -2.46. The fourth-order valence-electron chi connectivity index (χ4n) is 3.38. The van der Waals surface area contributed by atoms with Crippen LogP contribution in [0.3, 0.4) is 0 Å². The van der Waals surface area contributed by atoms with E-state index in [1.165, 1.54) is 0 Å². The van der Waals surface area contributed by atoms with Crippen LogP contribution in [0.5, 0.6) is 0 Å². The minimum atomic E-state index is 0.764. The van der Waals surface area contributed by atoms with E-state index in [9.17, 15) is 0 Å². The summed E-state index contributed by atoms with van der Waals surface area (Å²) < 4.78 is 7.00. The van der Waals surface area contributed by atoms with Crippen LogP contribution >= 0.6 is 11.3 Å². The van der Waals surface area contributed by atoms with Gasteiger partial charge in [0.25, 0.3) is 0 Å². The molecule has 0 radical (unpaired) electrons. The second-order valence-electron chi connectivity index (χ2n) is 6.69. The monoisotopic (exact) mass is 381 g/mol. The van der Waals surface area contributed by atoms with E-state index >= 15 is 0 Å². The molecule has 0 aromatic carbocycles. The standard InChI is InChI=1S/C18H19N7OS/c1-13-10-15(22-26-13)11-23-5-7-24(8-6-23)17-3-2-16-19-20-18(25(16)21-17)14-4-9-27-12-14/h2-4,9-10,12H,5-8,11H2,1H3. The van der Waals surface area contributed by atoms with Crippen molar-refractivity contribution in [2.45, 2.75) is 13.5 Å². The predicted molar refractivity (Wildman–Crippen MR) is 103 cm³/mol. The number of hydrogen-bond acceptors (Lipinski definition) is 8. The van der Waals surface area contributed by atoms with Crippen LogP contribution in [-0.4, -0.2) is 56.0 Å². The summed E-state index contributed by atoms with van der Waals surface area (Å²) in [5.74, 6) is 2.60. The molecule has 0 unspecified atom stereocenters. The second-order valence-corrected chi connectivity index (χ2v) is 7.47. The molecule has 0 N–H and O–H groups in total. The van der Waals surface area contributed by atoms with E-state index in [1.54, 1.807) is 11.3 Å². The molecule has 0 saturated carbocycles. The van der Waals surface area contributed by atoms with Crippen molar-refractivity contribution in [1.29, 1.82) is 0 Å². The molecular weight excluding hydrogens is 362 g/mol. The number of thiophene rings is 1. The van der Waals surface area contributed by atoms with E-state index in [4.69, 9.17) is 9.62 Å². The van der Waals surface area contributed by atoms with Crippen molar-refractivity contribution in [2.24, 2.45) is 0 Å². The maximum atomic E-state index is 5.16. The Bertz CT molecular complexity index is 1050. The van der Waals surface area contributed by atoms with E-state index in [1.807, 2.05) is 41.1 Å². The molecule has 1 aliphatic heterocycles. The summed E-state index contributed by atoms with van der Waals surface area (Å²) in [6.07, 6.45) is 0. The fraction of sp³-hybridized carbons (Fsp3) is 0.333. The molecule has 1 aliphatic rings. The third-order valence-electron chi connectivity index (χ3n) is 4.79. The minimum Gasteiger partial charge on any atom is -0.361 e. The van der Waals surface area contributed by atoms with E-state index in [-0.39, 0.29) is 0 Å². The SMILES string of the molecule is Cc1cc(CN2CCN(c3ccc4nnc(-c5ccsc5)n4n3)CC2)no1. The molecule has 0 amide bonds. The van der Waals surface area contributed by atoms with Gasteiger partial charge in [0.05, 0.1) is 5.69 Å². The van der Waals surface area contributed by atoms with Crippen molar-refractivity contribution < 1.29 is 4.52 Å². The predicted octanol–water partition coefficient (Wildman–Crippen LogP) is 2.47. The van der Waals surface area contributed by atoms with Gasteiger partial charge in [0.2, 0.25) is 0 Å². The quantitative estimate of drug-likeness (QED) is 0.537. The third kappa shape index (κ3) is 3.19. The van der Waals surface area contributed by atoms with Gasteiger partial charge in [0, 0.05) is 49.7 Å². The van der Waals surface area contributed by atoms with Crippen LogP contribution in [0.2, 0.25) is 0 Å². The minimum absolute atomic E-state index is 0.764. The fourth-order valence-corrected chi connectivity index (χ4v) is 4.01. The topological polar surface area (TPSA) is 75.6 Å². The molecular formula is C18H19N7OS. The first-order valence-corrected chi connectivity index (χ1v) is 9.85. The Morgan fingerprint density at radius 1 is 1.11 bits per heavy atom. The van der Waals surface area contributed by atoms with Crippen LogP contribution in [0.4, 0.5) is 5.82 Å². The average Bonchev–Trinajstić information content (AvgIpc) is 3.42. The van der Waals surface area contributed by atoms with E-state index in [0.29, 0.717) is 0 Å². The average molecular weight is 381 g/mol. The van der Waals surface area contributed by atoms with Crippen molar-refractivity contribution in [3.8, 4) is 11.4 Å². The largest absolute Gasteiger partial charge is 0.361 e. The zero-order valence-corrected chi connectivity index (χ0v) is 15.8. The Kier molecular flexibility index (Phi) is 4.10. The highest BCUT2D eigenvalue weighted by Gasteiger charge is 2.20. The van der Waals surface area contributed by atoms with Crippen LogP contribution in [0.15, 0.2) is 39.5 Å². The summed E-state index contributed by atoms with van der Waals surface area (Å²) in [4.78, 5) is 4.70. The van der Waals surface area contributed by atoms with Crippen LogP contribution in [0.1, 0.15) is 11.5 Å². The lowest BCUT2D eigenvalue weighted by atomic mass is 10.2.